The third-order valence-electron chi connectivity index (χ3n) is 3.54. The Kier molecular flexibility index (Phi) is 4.88. The van der Waals surface area contributed by atoms with Gasteiger partial charge in [-0.15, -0.1) is 0 Å². The van der Waals surface area contributed by atoms with E-state index < -0.39 is 9.84 Å². The quantitative estimate of drug-likeness (QED) is 0.649. The number of sulfone groups is 1. The first kappa shape index (κ1) is 16.2. The molecular formula is C13H19N3O3S2. The smallest absolute Gasteiger partial charge is 0.230 e. The lowest BCUT2D eigenvalue weighted by molar-refractivity contribution is -0.119. The summed E-state index contributed by atoms with van der Waals surface area (Å²) in [5, 5.41) is 3.32. The van der Waals surface area contributed by atoms with Crippen molar-refractivity contribution in [3.8, 4) is 0 Å². The van der Waals surface area contributed by atoms with Gasteiger partial charge in [-0.25, -0.2) is 18.4 Å². The highest BCUT2D eigenvalue weighted by Crippen LogP contribution is 2.17. The molecule has 0 aliphatic carbocycles. The van der Waals surface area contributed by atoms with Crippen molar-refractivity contribution in [1.82, 2.24) is 15.3 Å². The second kappa shape index (κ2) is 6.31. The molecule has 0 radical (unpaired) electrons. The number of aromatic nitrogens is 2. The molecule has 0 saturated carbocycles. The van der Waals surface area contributed by atoms with E-state index in [-0.39, 0.29) is 29.2 Å². The number of nitrogens with one attached hydrogen (secondary N) is 1. The normalized spacial score (nSPS) is 20.4. The molecule has 116 valence electrons. The lowest BCUT2D eigenvalue weighted by Gasteiger charge is -2.10. The van der Waals surface area contributed by atoms with Crippen LogP contribution < -0.4 is 5.32 Å². The first-order valence-electron chi connectivity index (χ1n) is 6.71. The summed E-state index contributed by atoms with van der Waals surface area (Å²) in [6.45, 7) is 5.79. The molecular weight excluding hydrogens is 310 g/mol. The van der Waals surface area contributed by atoms with E-state index in [2.05, 4.69) is 15.3 Å². The number of carbonyl (C=O) groups is 1. The Morgan fingerprint density at radius 1 is 1.29 bits per heavy atom. The van der Waals surface area contributed by atoms with Gasteiger partial charge in [-0.05, 0) is 32.8 Å². The summed E-state index contributed by atoms with van der Waals surface area (Å²) in [7, 11) is -2.97. The maximum atomic E-state index is 11.8. The zero-order chi connectivity index (χ0) is 15.6. The van der Waals surface area contributed by atoms with E-state index in [0.29, 0.717) is 11.6 Å². The van der Waals surface area contributed by atoms with E-state index in [1.807, 2.05) is 20.8 Å². The minimum absolute atomic E-state index is 0.0443. The van der Waals surface area contributed by atoms with Gasteiger partial charge in [0.2, 0.25) is 5.91 Å². The van der Waals surface area contributed by atoms with Crippen LogP contribution in [0.25, 0.3) is 0 Å². The van der Waals surface area contributed by atoms with Crippen LogP contribution in [0, 0.1) is 20.8 Å². The van der Waals surface area contributed by atoms with Gasteiger partial charge in [0.25, 0.3) is 0 Å². The van der Waals surface area contributed by atoms with Crippen LogP contribution in [-0.4, -0.2) is 47.6 Å². The Hall–Kier alpha value is -1.15. The van der Waals surface area contributed by atoms with Crippen LogP contribution in [-0.2, 0) is 14.6 Å². The van der Waals surface area contributed by atoms with E-state index >= 15 is 0 Å². The minimum atomic E-state index is -2.97. The minimum Gasteiger partial charge on any atom is -0.352 e. The average molecular weight is 329 g/mol. The van der Waals surface area contributed by atoms with Gasteiger partial charge in [0.1, 0.15) is 0 Å². The van der Waals surface area contributed by atoms with Crippen molar-refractivity contribution in [3.05, 3.63) is 17.0 Å². The third-order valence-corrected chi connectivity index (χ3v) is 6.16. The zero-order valence-corrected chi connectivity index (χ0v) is 14.0. The maximum Gasteiger partial charge on any atom is 0.230 e. The second-order valence-electron chi connectivity index (χ2n) is 5.26. The van der Waals surface area contributed by atoms with Crippen molar-refractivity contribution in [2.24, 2.45) is 0 Å². The first-order valence-corrected chi connectivity index (χ1v) is 9.52. The molecule has 0 spiro atoms. The molecule has 1 saturated heterocycles. The highest BCUT2D eigenvalue weighted by molar-refractivity contribution is 7.99. The molecule has 2 heterocycles. The van der Waals surface area contributed by atoms with Crippen molar-refractivity contribution in [2.75, 3.05) is 17.3 Å². The zero-order valence-electron chi connectivity index (χ0n) is 12.3. The van der Waals surface area contributed by atoms with Crippen LogP contribution in [0.3, 0.4) is 0 Å². The molecule has 0 aromatic carbocycles. The summed E-state index contributed by atoms with van der Waals surface area (Å²) in [6.07, 6.45) is 0.498. The first-order chi connectivity index (χ1) is 9.77. The van der Waals surface area contributed by atoms with Crippen LogP contribution in [0.1, 0.15) is 23.4 Å². The topological polar surface area (TPSA) is 89.0 Å². The summed E-state index contributed by atoms with van der Waals surface area (Å²) in [5.74, 6) is 0.215. The van der Waals surface area contributed by atoms with Gasteiger partial charge >= 0.3 is 0 Å². The number of hydrogen-bond donors (Lipinski definition) is 1. The van der Waals surface area contributed by atoms with Gasteiger partial charge < -0.3 is 5.32 Å². The van der Waals surface area contributed by atoms with Gasteiger partial charge in [-0.3, -0.25) is 4.79 Å². The van der Waals surface area contributed by atoms with Crippen molar-refractivity contribution in [2.45, 2.75) is 38.4 Å². The van der Waals surface area contributed by atoms with Gasteiger partial charge in [0.05, 0.1) is 17.3 Å². The number of carbonyl (C=O) groups excluding carboxylic acids is 1. The molecule has 1 aliphatic heterocycles. The van der Waals surface area contributed by atoms with Crippen LogP contribution in [0.15, 0.2) is 5.16 Å². The molecule has 1 aromatic heterocycles. The molecule has 0 unspecified atom stereocenters. The Labute approximate surface area is 129 Å². The Morgan fingerprint density at radius 2 is 1.90 bits per heavy atom. The Morgan fingerprint density at radius 3 is 2.43 bits per heavy atom. The summed E-state index contributed by atoms with van der Waals surface area (Å²) in [5.41, 5.74) is 2.87. The molecule has 8 heteroatoms. The van der Waals surface area contributed by atoms with Crippen molar-refractivity contribution < 1.29 is 13.2 Å². The van der Waals surface area contributed by atoms with E-state index in [1.54, 1.807) is 0 Å². The third kappa shape index (κ3) is 4.41. The van der Waals surface area contributed by atoms with Crippen molar-refractivity contribution in [3.63, 3.8) is 0 Å². The molecule has 21 heavy (non-hydrogen) atoms. The number of rotatable bonds is 4. The molecule has 1 atom stereocenters. The fraction of sp³-hybridized carbons (Fsp3) is 0.615. The summed E-state index contributed by atoms with van der Waals surface area (Å²) in [4.78, 5) is 20.5. The lowest BCUT2D eigenvalue weighted by Crippen LogP contribution is -2.36. The summed E-state index contributed by atoms with van der Waals surface area (Å²) < 4.78 is 22.7. The van der Waals surface area contributed by atoms with Gasteiger partial charge in [-0.1, -0.05) is 11.8 Å². The van der Waals surface area contributed by atoms with E-state index in [1.165, 1.54) is 11.8 Å². The standard InChI is InChI=1S/C13H19N3O3S2/c1-8-9(2)14-13(15-10(8)3)20-6-12(17)16-11-4-5-21(18,19)7-11/h11H,4-7H2,1-3H3,(H,16,17)/t11-/m1/s1. The number of nitrogens with zero attached hydrogens (tertiary/aromatic N) is 2. The lowest BCUT2D eigenvalue weighted by atomic mass is 10.2. The average Bonchev–Trinajstić information content (AvgIpc) is 2.72. The molecule has 1 aliphatic rings. The van der Waals surface area contributed by atoms with Crippen LogP contribution >= 0.6 is 11.8 Å². The predicted molar refractivity (Wildman–Crippen MR) is 82.2 cm³/mol. The second-order valence-corrected chi connectivity index (χ2v) is 8.43. The van der Waals surface area contributed by atoms with Gasteiger partial charge in [0, 0.05) is 17.4 Å². The molecule has 1 N–H and O–H groups in total. The van der Waals surface area contributed by atoms with Gasteiger partial charge in [0.15, 0.2) is 15.0 Å². The fourth-order valence-electron chi connectivity index (χ4n) is 2.11. The van der Waals surface area contributed by atoms with E-state index in [9.17, 15) is 13.2 Å². The molecule has 1 amide bonds. The highest BCUT2D eigenvalue weighted by Gasteiger charge is 2.28. The van der Waals surface area contributed by atoms with Gasteiger partial charge in [-0.2, -0.15) is 0 Å². The number of amides is 1. The number of thioether (sulfide) groups is 1. The molecule has 6 nitrogen and oxygen atoms in total. The number of hydrogen-bond acceptors (Lipinski definition) is 6. The van der Waals surface area contributed by atoms with Crippen LogP contribution in [0.5, 0.6) is 0 Å². The SMILES string of the molecule is Cc1nc(SCC(=O)N[C@@H]2CCS(=O)(=O)C2)nc(C)c1C. The monoisotopic (exact) mass is 329 g/mol. The van der Waals surface area contributed by atoms with Crippen LogP contribution in [0.4, 0.5) is 0 Å². The molecule has 1 aromatic rings. The molecule has 1 fully saturated rings. The highest BCUT2D eigenvalue weighted by atomic mass is 32.2. The van der Waals surface area contributed by atoms with E-state index in [4.69, 9.17) is 0 Å². The maximum absolute atomic E-state index is 11.8. The summed E-state index contributed by atoms with van der Waals surface area (Å²) >= 11 is 1.27. The van der Waals surface area contributed by atoms with Crippen molar-refractivity contribution >= 4 is 27.5 Å². The number of aryl methyl sites for hydroxylation is 2. The van der Waals surface area contributed by atoms with Crippen LogP contribution in [0.2, 0.25) is 0 Å². The molecule has 2 rings (SSSR count). The van der Waals surface area contributed by atoms with Crippen molar-refractivity contribution in [1.29, 1.82) is 0 Å². The Balaban J connectivity index is 1.87. The van der Waals surface area contributed by atoms with E-state index in [0.717, 1.165) is 17.0 Å². The predicted octanol–water partition coefficient (Wildman–Crippen LogP) is 0.797. The Bertz CT molecular complexity index is 636. The fourth-order valence-corrected chi connectivity index (χ4v) is 4.53. The largest absolute Gasteiger partial charge is 0.352 e. The molecule has 0 bridgehead atoms. The summed E-state index contributed by atoms with van der Waals surface area (Å²) in [6, 6.07) is -0.259.